The average Bonchev–Trinajstić information content (AvgIpc) is 3.33. The zero-order valence-electron chi connectivity index (χ0n) is 14.8. The predicted octanol–water partition coefficient (Wildman–Crippen LogP) is 3.14. The molecule has 9 heteroatoms. The van der Waals surface area contributed by atoms with Gasteiger partial charge in [0.25, 0.3) is 5.91 Å². The van der Waals surface area contributed by atoms with E-state index in [2.05, 4.69) is 30.6 Å². The summed E-state index contributed by atoms with van der Waals surface area (Å²) in [6.45, 7) is 1.31. The van der Waals surface area contributed by atoms with Crippen LogP contribution in [-0.4, -0.2) is 32.4 Å². The number of fused-ring (bicyclic) bond motifs is 1. The van der Waals surface area contributed by atoms with Crippen LogP contribution in [0.15, 0.2) is 48.0 Å². The smallest absolute Gasteiger partial charge is 0.276 e. The lowest BCUT2D eigenvalue weighted by molar-refractivity contribution is 0.102. The zero-order valence-corrected chi connectivity index (χ0v) is 15.6. The van der Waals surface area contributed by atoms with E-state index in [-0.39, 0.29) is 11.5 Å². The number of aromatic amines is 1. The number of thiazole rings is 1. The standard InChI is InChI=1S/C19H17FN6OS/c20-12-4-3-8-22-18(12)26-19(27)15-11-28-17(25-15)7-9-21-10-16-23-13-5-1-2-6-14(13)24-16/h1-6,8,11,21H,7,9-10H2,(H,23,24)(H,22,26,27). The fourth-order valence-electron chi connectivity index (χ4n) is 2.67. The number of imidazole rings is 1. The summed E-state index contributed by atoms with van der Waals surface area (Å²) in [7, 11) is 0. The number of halogens is 1. The molecule has 3 heterocycles. The summed E-state index contributed by atoms with van der Waals surface area (Å²) in [5, 5.41) is 8.22. The van der Waals surface area contributed by atoms with Gasteiger partial charge in [0.05, 0.1) is 22.6 Å². The Labute approximate surface area is 164 Å². The summed E-state index contributed by atoms with van der Waals surface area (Å²) in [4.78, 5) is 28.1. The second-order valence-corrected chi connectivity index (χ2v) is 6.98. The Kier molecular flexibility index (Phi) is 5.36. The van der Waals surface area contributed by atoms with Crippen molar-refractivity contribution in [2.75, 3.05) is 11.9 Å². The van der Waals surface area contributed by atoms with Crippen molar-refractivity contribution >= 4 is 34.1 Å². The maximum atomic E-state index is 13.6. The maximum absolute atomic E-state index is 13.6. The van der Waals surface area contributed by atoms with Crippen LogP contribution >= 0.6 is 11.3 Å². The molecule has 0 saturated carbocycles. The van der Waals surface area contributed by atoms with Gasteiger partial charge in [-0.25, -0.2) is 19.3 Å². The highest BCUT2D eigenvalue weighted by Crippen LogP contribution is 2.14. The third-order valence-electron chi connectivity index (χ3n) is 4.02. The van der Waals surface area contributed by atoms with Gasteiger partial charge < -0.3 is 15.6 Å². The second kappa shape index (κ2) is 8.24. The number of carbonyl (C=O) groups excluding carboxylic acids is 1. The normalized spacial score (nSPS) is 11.0. The van der Waals surface area contributed by atoms with Gasteiger partial charge in [-0.1, -0.05) is 12.1 Å². The van der Waals surface area contributed by atoms with Crippen molar-refractivity contribution in [2.24, 2.45) is 0 Å². The molecule has 0 spiro atoms. The largest absolute Gasteiger partial charge is 0.341 e. The van der Waals surface area contributed by atoms with Crippen molar-refractivity contribution < 1.29 is 9.18 Å². The molecule has 1 amide bonds. The lowest BCUT2D eigenvalue weighted by Gasteiger charge is -2.02. The van der Waals surface area contributed by atoms with E-state index in [0.717, 1.165) is 21.9 Å². The van der Waals surface area contributed by atoms with Crippen LogP contribution in [0.4, 0.5) is 10.2 Å². The molecule has 142 valence electrons. The summed E-state index contributed by atoms with van der Waals surface area (Å²) in [5.74, 6) is -0.288. The summed E-state index contributed by atoms with van der Waals surface area (Å²) < 4.78 is 13.6. The number of rotatable bonds is 7. The fourth-order valence-corrected chi connectivity index (χ4v) is 3.45. The van der Waals surface area contributed by atoms with Crippen LogP contribution in [0, 0.1) is 5.82 Å². The number of benzene rings is 1. The van der Waals surface area contributed by atoms with Crippen molar-refractivity contribution in [1.29, 1.82) is 0 Å². The molecular formula is C19H17FN6OS. The lowest BCUT2D eigenvalue weighted by atomic mass is 10.3. The van der Waals surface area contributed by atoms with Crippen molar-refractivity contribution in [1.82, 2.24) is 25.3 Å². The molecular weight excluding hydrogens is 379 g/mol. The van der Waals surface area contributed by atoms with E-state index in [4.69, 9.17) is 0 Å². The topological polar surface area (TPSA) is 95.6 Å². The van der Waals surface area contributed by atoms with Crippen LogP contribution in [0.1, 0.15) is 21.3 Å². The maximum Gasteiger partial charge on any atom is 0.276 e. The number of hydrogen-bond donors (Lipinski definition) is 3. The highest BCUT2D eigenvalue weighted by molar-refractivity contribution is 7.09. The molecule has 0 unspecified atom stereocenters. The van der Waals surface area contributed by atoms with E-state index in [9.17, 15) is 9.18 Å². The summed E-state index contributed by atoms with van der Waals surface area (Å²) in [6, 6.07) is 10.6. The van der Waals surface area contributed by atoms with Gasteiger partial charge in [0, 0.05) is 24.5 Å². The molecule has 0 aliphatic carbocycles. The van der Waals surface area contributed by atoms with E-state index in [1.165, 1.54) is 29.7 Å². The molecule has 0 radical (unpaired) electrons. The molecule has 3 aromatic heterocycles. The molecule has 3 N–H and O–H groups in total. The highest BCUT2D eigenvalue weighted by atomic mass is 32.1. The van der Waals surface area contributed by atoms with Crippen LogP contribution in [0.25, 0.3) is 11.0 Å². The Bertz CT molecular complexity index is 1080. The van der Waals surface area contributed by atoms with E-state index < -0.39 is 11.7 Å². The van der Waals surface area contributed by atoms with E-state index in [1.807, 2.05) is 24.3 Å². The third kappa shape index (κ3) is 4.21. The van der Waals surface area contributed by atoms with Crippen LogP contribution in [-0.2, 0) is 13.0 Å². The average molecular weight is 396 g/mol. The van der Waals surface area contributed by atoms with Gasteiger partial charge in [-0.05, 0) is 24.3 Å². The SMILES string of the molecule is O=C(Nc1ncccc1F)c1csc(CCNCc2nc3ccccc3[nH]2)n1. The Morgan fingerprint density at radius 3 is 2.93 bits per heavy atom. The number of nitrogens with zero attached hydrogens (tertiary/aromatic N) is 3. The van der Waals surface area contributed by atoms with Crippen molar-refractivity contribution in [3.63, 3.8) is 0 Å². The highest BCUT2D eigenvalue weighted by Gasteiger charge is 2.13. The Hall–Kier alpha value is -3.17. The monoisotopic (exact) mass is 396 g/mol. The van der Waals surface area contributed by atoms with Crippen LogP contribution in [0.2, 0.25) is 0 Å². The quantitative estimate of drug-likeness (QED) is 0.417. The number of pyridine rings is 1. The number of carbonyl (C=O) groups is 1. The zero-order chi connectivity index (χ0) is 19.3. The van der Waals surface area contributed by atoms with Crippen molar-refractivity contribution in [2.45, 2.75) is 13.0 Å². The molecule has 0 bridgehead atoms. The number of hydrogen-bond acceptors (Lipinski definition) is 6. The number of para-hydroxylation sites is 2. The molecule has 0 aliphatic rings. The van der Waals surface area contributed by atoms with Crippen LogP contribution < -0.4 is 10.6 Å². The Balaban J connectivity index is 1.27. The summed E-state index contributed by atoms with van der Waals surface area (Å²) in [6.07, 6.45) is 2.09. The minimum Gasteiger partial charge on any atom is -0.341 e. The summed E-state index contributed by atoms with van der Waals surface area (Å²) >= 11 is 1.39. The molecule has 1 aromatic carbocycles. The first-order chi connectivity index (χ1) is 13.7. The van der Waals surface area contributed by atoms with Gasteiger partial charge in [0.2, 0.25) is 0 Å². The first-order valence-corrected chi connectivity index (χ1v) is 9.57. The second-order valence-electron chi connectivity index (χ2n) is 6.04. The van der Waals surface area contributed by atoms with Gasteiger partial charge >= 0.3 is 0 Å². The minimum atomic E-state index is -0.582. The van der Waals surface area contributed by atoms with E-state index in [0.29, 0.717) is 19.5 Å². The first-order valence-electron chi connectivity index (χ1n) is 8.69. The molecule has 0 atom stereocenters. The Morgan fingerprint density at radius 1 is 1.18 bits per heavy atom. The molecule has 28 heavy (non-hydrogen) atoms. The van der Waals surface area contributed by atoms with Crippen molar-refractivity contribution in [3.8, 4) is 0 Å². The minimum absolute atomic E-state index is 0.102. The first kappa shape index (κ1) is 18.2. The van der Waals surface area contributed by atoms with Gasteiger partial charge in [0.1, 0.15) is 11.5 Å². The molecule has 0 fully saturated rings. The number of aromatic nitrogens is 4. The molecule has 4 rings (SSSR count). The van der Waals surface area contributed by atoms with Crippen molar-refractivity contribution in [3.05, 3.63) is 70.3 Å². The van der Waals surface area contributed by atoms with Crippen LogP contribution in [0.3, 0.4) is 0 Å². The van der Waals surface area contributed by atoms with Crippen LogP contribution in [0.5, 0.6) is 0 Å². The molecule has 0 saturated heterocycles. The Morgan fingerprint density at radius 2 is 2.07 bits per heavy atom. The predicted molar refractivity (Wildman–Crippen MR) is 106 cm³/mol. The fraction of sp³-hybridized carbons (Fsp3) is 0.158. The van der Waals surface area contributed by atoms with Gasteiger partial charge in [-0.2, -0.15) is 0 Å². The molecule has 0 aliphatic heterocycles. The lowest BCUT2D eigenvalue weighted by Crippen LogP contribution is -2.18. The number of nitrogens with one attached hydrogen (secondary N) is 3. The number of H-pyrrole nitrogens is 1. The summed E-state index contributed by atoms with van der Waals surface area (Å²) in [5.41, 5.74) is 2.21. The number of amides is 1. The van der Waals surface area contributed by atoms with Gasteiger partial charge in [-0.15, -0.1) is 11.3 Å². The molecule has 4 aromatic rings. The third-order valence-corrected chi connectivity index (χ3v) is 4.93. The van der Waals surface area contributed by atoms with E-state index in [1.54, 1.807) is 5.38 Å². The van der Waals surface area contributed by atoms with E-state index >= 15 is 0 Å². The number of anilines is 1. The molecule has 7 nitrogen and oxygen atoms in total. The van der Waals surface area contributed by atoms with Gasteiger partial charge in [0.15, 0.2) is 11.6 Å². The van der Waals surface area contributed by atoms with Gasteiger partial charge in [-0.3, -0.25) is 4.79 Å².